The second kappa shape index (κ2) is 8.50. The van der Waals surface area contributed by atoms with Crippen LogP contribution in [0.5, 0.6) is 0 Å². The van der Waals surface area contributed by atoms with E-state index in [9.17, 15) is 9.18 Å². The zero-order valence-corrected chi connectivity index (χ0v) is 15.1. The maximum atomic E-state index is 12.9. The average Bonchev–Trinajstić information content (AvgIpc) is 2.63. The minimum atomic E-state index is -0.224. The lowest BCUT2D eigenvalue weighted by Crippen LogP contribution is -2.42. The van der Waals surface area contributed by atoms with Gasteiger partial charge < -0.3 is 10.6 Å². The topological polar surface area (TPSA) is 41.1 Å². The number of amides is 1. The summed E-state index contributed by atoms with van der Waals surface area (Å²) in [5, 5.41) is 6.42. The monoisotopic (exact) mass is 358 g/mol. The summed E-state index contributed by atoms with van der Waals surface area (Å²) < 4.78 is 12.9. The zero-order chi connectivity index (χ0) is 17.6. The van der Waals surface area contributed by atoms with E-state index >= 15 is 0 Å². The molecule has 1 fully saturated rings. The van der Waals surface area contributed by atoms with Gasteiger partial charge in [-0.25, -0.2) is 4.39 Å². The highest BCUT2D eigenvalue weighted by atomic mass is 32.2. The predicted octanol–water partition coefficient (Wildman–Crippen LogP) is 3.98. The second-order valence-electron chi connectivity index (χ2n) is 6.49. The molecule has 2 aromatic carbocycles. The van der Waals surface area contributed by atoms with Gasteiger partial charge in [0.05, 0.1) is 0 Å². The zero-order valence-electron chi connectivity index (χ0n) is 14.3. The Morgan fingerprint density at radius 3 is 2.44 bits per heavy atom. The molecule has 0 unspecified atom stereocenters. The highest BCUT2D eigenvalue weighted by molar-refractivity contribution is 7.99. The molecule has 0 aliphatic carbocycles. The van der Waals surface area contributed by atoms with Crippen molar-refractivity contribution in [2.75, 3.05) is 6.54 Å². The lowest BCUT2D eigenvalue weighted by atomic mass is 9.92. The van der Waals surface area contributed by atoms with Crippen molar-refractivity contribution in [3.63, 3.8) is 0 Å². The van der Waals surface area contributed by atoms with E-state index in [-0.39, 0.29) is 17.6 Å². The van der Waals surface area contributed by atoms with Crippen LogP contribution in [0.2, 0.25) is 0 Å². The fraction of sp³-hybridized carbons (Fsp3) is 0.350. The van der Waals surface area contributed by atoms with Crippen molar-refractivity contribution >= 4 is 17.7 Å². The fourth-order valence-electron chi connectivity index (χ4n) is 3.02. The van der Waals surface area contributed by atoms with Crippen LogP contribution >= 0.6 is 11.8 Å². The Morgan fingerprint density at radius 2 is 1.80 bits per heavy atom. The van der Waals surface area contributed by atoms with Crippen LogP contribution in [0.1, 0.15) is 25.3 Å². The summed E-state index contributed by atoms with van der Waals surface area (Å²) in [6, 6.07) is 15.0. The minimum Gasteiger partial charge on any atom is -0.352 e. The molecule has 1 heterocycles. The van der Waals surface area contributed by atoms with Crippen molar-refractivity contribution in [2.24, 2.45) is 5.92 Å². The number of carbonyl (C=O) groups excluding carboxylic acids is 1. The number of piperidine rings is 1. The quantitative estimate of drug-likeness (QED) is 0.849. The molecule has 0 saturated carbocycles. The number of halogens is 1. The summed E-state index contributed by atoms with van der Waals surface area (Å²) in [5.41, 5.74) is 1.08. The van der Waals surface area contributed by atoms with E-state index in [1.54, 1.807) is 23.9 Å². The van der Waals surface area contributed by atoms with Gasteiger partial charge in [0.25, 0.3) is 0 Å². The molecule has 2 aromatic rings. The molecule has 5 heteroatoms. The molecule has 0 aromatic heterocycles. The first-order valence-electron chi connectivity index (χ1n) is 8.63. The molecular formula is C20H23FN2OS. The van der Waals surface area contributed by atoms with Crippen LogP contribution in [-0.4, -0.2) is 18.5 Å². The Kier molecular flexibility index (Phi) is 6.10. The summed E-state index contributed by atoms with van der Waals surface area (Å²) in [4.78, 5) is 14.4. The van der Waals surface area contributed by atoms with E-state index in [0.29, 0.717) is 12.6 Å². The summed E-state index contributed by atoms with van der Waals surface area (Å²) in [6.07, 6.45) is 1.81. The number of hydrogen-bond acceptors (Lipinski definition) is 3. The fourth-order valence-corrected chi connectivity index (χ4v) is 3.83. The number of benzene rings is 2. The Morgan fingerprint density at radius 1 is 1.16 bits per heavy atom. The molecular weight excluding hydrogens is 335 g/mol. The molecule has 0 spiro atoms. The normalized spacial score (nSPS) is 20.2. The van der Waals surface area contributed by atoms with Crippen LogP contribution in [0.15, 0.2) is 58.3 Å². The van der Waals surface area contributed by atoms with Gasteiger partial charge >= 0.3 is 0 Å². The van der Waals surface area contributed by atoms with Gasteiger partial charge in [0.1, 0.15) is 5.82 Å². The van der Waals surface area contributed by atoms with Crippen molar-refractivity contribution in [1.82, 2.24) is 10.6 Å². The van der Waals surface area contributed by atoms with Crippen LogP contribution in [0.3, 0.4) is 0 Å². The maximum absolute atomic E-state index is 12.9. The summed E-state index contributed by atoms with van der Waals surface area (Å²) in [6.45, 7) is 3.59. The van der Waals surface area contributed by atoms with Crippen molar-refractivity contribution in [3.05, 3.63) is 59.9 Å². The summed E-state index contributed by atoms with van der Waals surface area (Å²) >= 11 is 1.59. The maximum Gasteiger partial charge on any atom is 0.223 e. The molecule has 25 heavy (non-hydrogen) atoms. The van der Waals surface area contributed by atoms with E-state index in [4.69, 9.17) is 0 Å². The van der Waals surface area contributed by atoms with Gasteiger partial charge in [-0.1, -0.05) is 23.9 Å². The van der Waals surface area contributed by atoms with Gasteiger partial charge in [-0.15, -0.1) is 0 Å². The van der Waals surface area contributed by atoms with Crippen LogP contribution in [0.25, 0.3) is 0 Å². The number of rotatable bonds is 5. The van der Waals surface area contributed by atoms with Crippen molar-refractivity contribution in [2.45, 2.75) is 42.1 Å². The first kappa shape index (κ1) is 18.0. The van der Waals surface area contributed by atoms with Gasteiger partial charge in [-0.05, 0) is 68.3 Å². The van der Waals surface area contributed by atoms with Crippen LogP contribution < -0.4 is 10.6 Å². The van der Waals surface area contributed by atoms with Gasteiger partial charge in [-0.3, -0.25) is 4.79 Å². The molecule has 3 nitrogen and oxygen atoms in total. The Balaban J connectivity index is 1.50. The SMILES string of the molecule is C[C@H]1C[C@@H](C(=O)NCc2ccc(Sc3ccc(F)cc3)cc2)CCN1. The number of nitrogens with one attached hydrogen (secondary N) is 2. The Bertz CT molecular complexity index is 703. The molecule has 2 N–H and O–H groups in total. The smallest absolute Gasteiger partial charge is 0.223 e. The van der Waals surface area contributed by atoms with E-state index < -0.39 is 0 Å². The van der Waals surface area contributed by atoms with Crippen LogP contribution in [0, 0.1) is 11.7 Å². The van der Waals surface area contributed by atoms with Gasteiger partial charge in [-0.2, -0.15) is 0 Å². The number of hydrogen-bond donors (Lipinski definition) is 2. The highest BCUT2D eigenvalue weighted by Crippen LogP contribution is 2.27. The molecule has 3 rings (SSSR count). The van der Waals surface area contributed by atoms with Crippen LogP contribution in [0.4, 0.5) is 4.39 Å². The molecule has 0 bridgehead atoms. The third-order valence-electron chi connectivity index (χ3n) is 4.43. The minimum absolute atomic E-state index is 0.115. The van der Waals surface area contributed by atoms with E-state index in [2.05, 4.69) is 17.6 Å². The van der Waals surface area contributed by atoms with Crippen molar-refractivity contribution < 1.29 is 9.18 Å². The Labute approximate surface area is 152 Å². The van der Waals surface area contributed by atoms with Gasteiger partial charge in [0.15, 0.2) is 0 Å². The average molecular weight is 358 g/mol. The molecule has 2 atom stereocenters. The standard InChI is InChI=1S/C20H23FN2OS/c1-14-12-16(10-11-22-14)20(24)23-13-15-2-6-18(7-3-15)25-19-8-4-17(21)5-9-19/h2-9,14,16,22H,10-13H2,1H3,(H,23,24)/t14-,16-/m0/s1. The molecule has 1 aliphatic rings. The molecule has 1 aliphatic heterocycles. The predicted molar refractivity (Wildman–Crippen MR) is 99.0 cm³/mol. The molecule has 1 saturated heterocycles. The first-order chi connectivity index (χ1) is 12.1. The lowest BCUT2D eigenvalue weighted by Gasteiger charge is -2.27. The lowest BCUT2D eigenvalue weighted by molar-refractivity contribution is -0.126. The van der Waals surface area contributed by atoms with E-state index in [1.165, 1.54) is 12.1 Å². The van der Waals surface area contributed by atoms with E-state index in [0.717, 1.165) is 34.7 Å². The third kappa shape index (κ3) is 5.31. The largest absolute Gasteiger partial charge is 0.352 e. The number of carbonyl (C=O) groups is 1. The van der Waals surface area contributed by atoms with Crippen molar-refractivity contribution in [3.8, 4) is 0 Å². The van der Waals surface area contributed by atoms with Crippen molar-refractivity contribution in [1.29, 1.82) is 0 Å². The summed E-state index contributed by atoms with van der Waals surface area (Å²) in [7, 11) is 0. The third-order valence-corrected chi connectivity index (χ3v) is 5.45. The first-order valence-corrected chi connectivity index (χ1v) is 9.45. The van der Waals surface area contributed by atoms with Crippen LogP contribution in [-0.2, 0) is 11.3 Å². The Hall–Kier alpha value is -1.85. The highest BCUT2D eigenvalue weighted by Gasteiger charge is 2.24. The molecule has 1 amide bonds. The summed E-state index contributed by atoms with van der Waals surface area (Å²) in [5.74, 6) is 0.0428. The molecule has 0 radical (unpaired) electrons. The van der Waals surface area contributed by atoms with E-state index in [1.807, 2.05) is 24.3 Å². The molecule has 132 valence electrons. The second-order valence-corrected chi connectivity index (χ2v) is 7.64. The van der Waals surface area contributed by atoms with Gasteiger partial charge in [0, 0.05) is 28.3 Å². The van der Waals surface area contributed by atoms with Gasteiger partial charge in [0.2, 0.25) is 5.91 Å².